The summed E-state index contributed by atoms with van der Waals surface area (Å²) < 4.78 is 0. The molecule has 0 saturated carbocycles. The van der Waals surface area contributed by atoms with Gasteiger partial charge in [-0.15, -0.1) is 0 Å². The van der Waals surface area contributed by atoms with Gasteiger partial charge in [0.1, 0.15) is 6.04 Å². The van der Waals surface area contributed by atoms with Crippen LogP contribution in [0.3, 0.4) is 0 Å². The molecule has 0 aromatic heterocycles. The van der Waals surface area contributed by atoms with Gasteiger partial charge >= 0.3 is 0 Å². The largest absolute Gasteiger partial charge is 0.343 e. The lowest BCUT2D eigenvalue weighted by Gasteiger charge is -2.21. The number of hydrogen-bond donors (Lipinski definition) is 4. The Labute approximate surface area is 189 Å². The van der Waals surface area contributed by atoms with Crippen LogP contribution in [0.4, 0.5) is 5.69 Å². The molecule has 168 valence electrons. The van der Waals surface area contributed by atoms with Gasteiger partial charge in [0.25, 0.3) is 0 Å². The maximum absolute atomic E-state index is 13.1. The van der Waals surface area contributed by atoms with Crippen LogP contribution in [0.1, 0.15) is 31.2 Å². The molecule has 0 bridgehead atoms. The average molecular weight is 433 g/mol. The number of carbonyl (C=O) groups is 2. The minimum atomic E-state index is -0.685. The molecule has 2 atom stereocenters. The number of nitrogens with two attached hydrogens (primary N) is 2. The van der Waals surface area contributed by atoms with Crippen molar-refractivity contribution in [2.75, 3.05) is 11.9 Å². The second-order valence-corrected chi connectivity index (χ2v) is 8.03. The van der Waals surface area contributed by atoms with Gasteiger partial charge in [-0.3, -0.25) is 9.59 Å². The van der Waals surface area contributed by atoms with Crippen molar-refractivity contribution in [1.29, 1.82) is 0 Å². The number of unbranched alkanes of at least 4 members (excludes halogenated alkanes) is 1. The van der Waals surface area contributed by atoms with Crippen LogP contribution in [0.25, 0.3) is 10.8 Å². The Kier molecular flexibility index (Phi) is 8.78. The lowest BCUT2D eigenvalue weighted by Crippen LogP contribution is -2.50. The fourth-order valence-electron chi connectivity index (χ4n) is 3.64. The number of nitrogens with one attached hydrogen (secondary N) is 2. The molecule has 2 amide bonds. The van der Waals surface area contributed by atoms with E-state index in [4.69, 9.17) is 11.5 Å². The highest BCUT2D eigenvalue weighted by atomic mass is 16.2. The number of rotatable bonds is 11. The van der Waals surface area contributed by atoms with Gasteiger partial charge in [0.05, 0.1) is 6.04 Å². The highest BCUT2D eigenvalue weighted by Gasteiger charge is 2.23. The molecule has 0 radical (unpaired) electrons. The summed E-state index contributed by atoms with van der Waals surface area (Å²) in [6.07, 6.45) is 3.29. The maximum Gasteiger partial charge on any atom is 0.246 e. The molecule has 0 fully saturated rings. The number of hydrogen-bond acceptors (Lipinski definition) is 4. The van der Waals surface area contributed by atoms with Crippen LogP contribution >= 0.6 is 0 Å². The van der Waals surface area contributed by atoms with Crippen molar-refractivity contribution in [2.24, 2.45) is 11.5 Å². The SMILES string of the molecule is NCCCC[C@@H](N)C(=O)N[C@H](CCc1ccccc1)C(=O)Nc1ccc2ccccc2c1. The van der Waals surface area contributed by atoms with Crippen molar-refractivity contribution in [2.45, 2.75) is 44.2 Å². The van der Waals surface area contributed by atoms with Gasteiger partial charge in [0.15, 0.2) is 0 Å². The van der Waals surface area contributed by atoms with Gasteiger partial charge in [-0.1, -0.05) is 67.1 Å². The Hall–Kier alpha value is -3.22. The number of amides is 2. The van der Waals surface area contributed by atoms with Crippen molar-refractivity contribution >= 4 is 28.3 Å². The normalized spacial score (nSPS) is 12.8. The Balaban J connectivity index is 1.69. The highest BCUT2D eigenvalue weighted by Crippen LogP contribution is 2.19. The summed E-state index contributed by atoms with van der Waals surface area (Å²) in [6, 6.07) is 22.3. The predicted molar refractivity (Wildman–Crippen MR) is 130 cm³/mol. The molecule has 0 spiro atoms. The average Bonchev–Trinajstić information content (AvgIpc) is 2.82. The van der Waals surface area contributed by atoms with Gasteiger partial charge < -0.3 is 22.1 Å². The van der Waals surface area contributed by atoms with E-state index in [2.05, 4.69) is 10.6 Å². The molecule has 6 N–H and O–H groups in total. The number of fused-ring (bicyclic) bond motifs is 1. The van der Waals surface area contributed by atoms with E-state index in [9.17, 15) is 9.59 Å². The quantitative estimate of drug-likeness (QED) is 0.348. The molecule has 0 saturated heterocycles. The lowest BCUT2D eigenvalue weighted by molar-refractivity contribution is -0.127. The second-order valence-electron chi connectivity index (χ2n) is 8.03. The zero-order chi connectivity index (χ0) is 22.8. The van der Waals surface area contributed by atoms with E-state index in [1.165, 1.54) is 0 Å². The zero-order valence-electron chi connectivity index (χ0n) is 18.3. The van der Waals surface area contributed by atoms with E-state index in [-0.39, 0.29) is 11.8 Å². The third-order valence-electron chi connectivity index (χ3n) is 5.52. The first-order valence-corrected chi connectivity index (χ1v) is 11.2. The monoisotopic (exact) mass is 432 g/mol. The van der Waals surface area contributed by atoms with E-state index >= 15 is 0 Å². The fraction of sp³-hybridized carbons (Fsp3) is 0.308. The summed E-state index contributed by atoms with van der Waals surface area (Å²) in [4.78, 5) is 25.7. The lowest BCUT2D eigenvalue weighted by atomic mass is 10.0. The molecular weight excluding hydrogens is 400 g/mol. The van der Waals surface area contributed by atoms with E-state index in [1.807, 2.05) is 72.8 Å². The number of anilines is 1. The van der Waals surface area contributed by atoms with Crippen LogP contribution in [0.15, 0.2) is 72.8 Å². The van der Waals surface area contributed by atoms with Crippen molar-refractivity contribution in [3.8, 4) is 0 Å². The van der Waals surface area contributed by atoms with Crippen LogP contribution in [0.2, 0.25) is 0 Å². The Morgan fingerprint density at radius 3 is 2.28 bits per heavy atom. The van der Waals surface area contributed by atoms with E-state index < -0.39 is 12.1 Å². The Bertz CT molecular complexity index is 1020. The topological polar surface area (TPSA) is 110 Å². The molecule has 0 aliphatic rings. The van der Waals surface area contributed by atoms with Crippen molar-refractivity contribution in [1.82, 2.24) is 5.32 Å². The number of benzene rings is 3. The summed E-state index contributed by atoms with van der Waals surface area (Å²) in [5, 5.41) is 7.96. The van der Waals surface area contributed by atoms with Crippen LogP contribution in [0.5, 0.6) is 0 Å². The minimum Gasteiger partial charge on any atom is -0.343 e. The van der Waals surface area contributed by atoms with E-state index in [1.54, 1.807) is 0 Å². The molecule has 0 aliphatic carbocycles. The van der Waals surface area contributed by atoms with E-state index in [0.29, 0.717) is 31.5 Å². The summed E-state index contributed by atoms with van der Waals surface area (Å²) in [5.41, 5.74) is 13.4. The number of aryl methyl sites for hydroxylation is 1. The van der Waals surface area contributed by atoms with Crippen molar-refractivity contribution in [3.63, 3.8) is 0 Å². The smallest absolute Gasteiger partial charge is 0.246 e. The van der Waals surface area contributed by atoms with Crippen molar-refractivity contribution < 1.29 is 9.59 Å². The first-order valence-electron chi connectivity index (χ1n) is 11.2. The summed E-state index contributed by atoms with van der Waals surface area (Å²) >= 11 is 0. The fourth-order valence-corrected chi connectivity index (χ4v) is 3.64. The van der Waals surface area contributed by atoms with Gasteiger partial charge in [-0.2, -0.15) is 0 Å². The molecule has 0 aliphatic heterocycles. The van der Waals surface area contributed by atoms with Gasteiger partial charge in [-0.05, 0) is 60.7 Å². The molecule has 3 aromatic carbocycles. The predicted octanol–water partition coefficient (Wildman–Crippen LogP) is 3.35. The number of carbonyl (C=O) groups excluding carboxylic acids is 2. The van der Waals surface area contributed by atoms with Gasteiger partial charge in [0.2, 0.25) is 11.8 Å². The zero-order valence-corrected chi connectivity index (χ0v) is 18.3. The van der Waals surface area contributed by atoms with E-state index in [0.717, 1.165) is 29.2 Å². The third kappa shape index (κ3) is 6.90. The molecule has 6 heteroatoms. The summed E-state index contributed by atoms with van der Waals surface area (Å²) in [5.74, 6) is -0.563. The molecular formula is C26H32N4O2. The first-order chi connectivity index (χ1) is 15.6. The standard InChI is InChI=1S/C26H32N4O2/c27-17-7-6-12-23(28)25(31)30-24(16-13-19-8-2-1-3-9-19)26(32)29-22-15-14-20-10-4-5-11-21(20)18-22/h1-5,8-11,14-15,18,23-24H,6-7,12-13,16-17,27-28H2,(H,29,32)(H,30,31)/t23-,24-/m1/s1. The summed E-state index contributed by atoms with van der Waals surface area (Å²) in [6.45, 7) is 0.572. The summed E-state index contributed by atoms with van der Waals surface area (Å²) in [7, 11) is 0. The molecule has 0 unspecified atom stereocenters. The Morgan fingerprint density at radius 2 is 1.53 bits per heavy atom. The van der Waals surface area contributed by atoms with Crippen molar-refractivity contribution in [3.05, 3.63) is 78.4 Å². The maximum atomic E-state index is 13.1. The molecule has 0 heterocycles. The van der Waals surface area contributed by atoms with Crippen LogP contribution < -0.4 is 22.1 Å². The van der Waals surface area contributed by atoms with Crippen LogP contribution in [-0.2, 0) is 16.0 Å². The molecule has 3 rings (SSSR count). The third-order valence-corrected chi connectivity index (χ3v) is 5.52. The van der Waals surface area contributed by atoms with Crippen LogP contribution in [-0.4, -0.2) is 30.4 Å². The molecule has 3 aromatic rings. The van der Waals surface area contributed by atoms with Crippen LogP contribution in [0, 0.1) is 0 Å². The Morgan fingerprint density at radius 1 is 0.812 bits per heavy atom. The molecule has 6 nitrogen and oxygen atoms in total. The molecule has 32 heavy (non-hydrogen) atoms. The van der Waals surface area contributed by atoms with Gasteiger partial charge in [-0.25, -0.2) is 0 Å². The first kappa shape index (κ1) is 23.4. The second kappa shape index (κ2) is 12.0. The highest BCUT2D eigenvalue weighted by molar-refractivity contribution is 5.99. The van der Waals surface area contributed by atoms with Gasteiger partial charge in [0, 0.05) is 5.69 Å². The minimum absolute atomic E-state index is 0.251.